The summed E-state index contributed by atoms with van der Waals surface area (Å²) in [6.07, 6.45) is 8.24. The van der Waals surface area contributed by atoms with E-state index in [1.165, 1.54) is 19.3 Å². The van der Waals surface area contributed by atoms with Crippen LogP contribution in [-0.4, -0.2) is 34.7 Å². The Morgan fingerprint density at radius 3 is 2.65 bits per heavy atom. The van der Waals surface area contributed by atoms with Gasteiger partial charge in [-0.2, -0.15) is 0 Å². The van der Waals surface area contributed by atoms with E-state index >= 15 is 0 Å². The summed E-state index contributed by atoms with van der Waals surface area (Å²) in [6.45, 7) is 4.91. The minimum Gasteiger partial charge on any atom is -0.360 e. The van der Waals surface area contributed by atoms with Gasteiger partial charge < -0.3 is 10.6 Å². The normalized spacial score (nSPS) is 27.3. The van der Waals surface area contributed by atoms with Crippen LogP contribution in [0.25, 0.3) is 0 Å². The number of thiocarbonyl (C=S) groups is 1. The van der Waals surface area contributed by atoms with Crippen LogP contribution in [0.5, 0.6) is 0 Å². The van der Waals surface area contributed by atoms with Gasteiger partial charge in [0.15, 0.2) is 5.11 Å². The van der Waals surface area contributed by atoms with Crippen LogP contribution in [0.4, 0.5) is 5.69 Å². The quantitative estimate of drug-likeness (QED) is 0.629. The van der Waals surface area contributed by atoms with E-state index in [-0.39, 0.29) is 0 Å². The molecule has 0 aliphatic carbocycles. The van der Waals surface area contributed by atoms with Crippen LogP contribution >= 0.6 is 23.8 Å². The summed E-state index contributed by atoms with van der Waals surface area (Å²) in [5.41, 5.74) is 0.857. The van der Waals surface area contributed by atoms with E-state index in [1.807, 2.05) is 30.3 Å². The molecule has 1 aromatic rings. The number of nitrogens with zero attached hydrogens (tertiary/aromatic N) is 1. The van der Waals surface area contributed by atoms with E-state index in [9.17, 15) is 0 Å². The lowest BCUT2D eigenvalue weighted by atomic mass is 9.82. The maximum atomic E-state index is 6.18. The van der Waals surface area contributed by atoms with Crippen molar-refractivity contribution in [3.8, 4) is 0 Å². The van der Waals surface area contributed by atoms with Crippen LogP contribution < -0.4 is 10.6 Å². The number of nitrogens with one attached hydrogen (secondary N) is 2. The van der Waals surface area contributed by atoms with Crippen molar-refractivity contribution in [1.82, 2.24) is 10.2 Å². The molecule has 2 bridgehead atoms. The lowest BCUT2D eigenvalue weighted by molar-refractivity contribution is 0.0389. The van der Waals surface area contributed by atoms with Crippen LogP contribution in [0.1, 0.15) is 32.1 Å². The Hall–Kier alpha value is -1.10. The average Bonchev–Trinajstić information content (AvgIpc) is 2.50. The Morgan fingerprint density at radius 2 is 2.00 bits per heavy atom. The van der Waals surface area contributed by atoms with Crippen molar-refractivity contribution >= 4 is 34.6 Å². The number of benzene rings is 1. The Balaban J connectivity index is 1.58. The number of para-hydroxylation sites is 1. The first-order valence-electron chi connectivity index (χ1n) is 8.36. The number of hydrogen-bond acceptors (Lipinski definition) is 2. The molecule has 23 heavy (non-hydrogen) atoms. The molecule has 0 unspecified atom stereocenters. The molecular weight excluding hydrogens is 326 g/mol. The molecule has 5 heteroatoms. The predicted octanol–water partition coefficient (Wildman–Crippen LogP) is 4.20. The highest BCUT2D eigenvalue weighted by Gasteiger charge is 2.37. The molecule has 124 valence electrons. The Bertz CT molecular complexity index is 563. The van der Waals surface area contributed by atoms with E-state index in [0.29, 0.717) is 28.3 Å². The second-order valence-electron chi connectivity index (χ2n) is 6.47. The minimum absolute atomic E-state index is 0.439. The van der Waals surface area contributed by atoms with Gasteiger partial charge in [-0.25, -0.2) is 0 Å². The summed E-state index contributed by atoms with van der Waals surface area (Å²) in [7, 11) is 0. The van der Waals surface area contributed by atoms with Crippen LogP contribution in [-0.2, 0) is 0 Å². The van der Waals surface area contributed by atoms with Gasteiger partial charge >= 0.3 is 0 Å². The van der Waals surface area contributed by atoms with Crippen molar-refractivity contribution in [1.29, 1.82) is 0 Å². The molecule has 0 saturated carbocycles. The second-order valence-corrected chi connectivity index (χ2v) is 7.29. The number of fused-ring (bicyclic) bond motifs is 2. The number of piperidine rings is 2. The zero-order valence-corrected chi connectivity index (χ0v) is 14.9. The van der Waals surface area contributed by atoms with Crippen molar-refractivity contribution < 1.29 is 0 Å². The number of halogens is 1. The van der Waals surface area contributed by atoms with Crippen molar-refractivity contribution in [3.05, 3.63) is 41.9 Å². The zero-order valence-electron chi connectivity index (χ0n) is 13.3. The van der Waals surface area contributed by atoms with Crippen molar-refractivity contribution in [2.45, 2.75) is 50.2 Å². The summed E-state index contributed by atoms with van der Waals surface area (Å²) >= 11 is 11.7. The molecule has 1 aromatic carbocycles. The molecule has 2 N–H and O–H groups in total. The first-order chi connectivity index (χ1) is 11.2. The molecule has 2 fully saturated rings. The number of rotatable bonds is 4. The SMILES string of the molecule is C=CCN1[C@@H]2CCC[C@@H]1CC(NC(=S)Nc1ccccc1Cl)C2. The third kappa shape index (κ3) is 4.06. The summed E-state index contributed by atoms with van der Waals surface area (Å²) in [6, 6.07) is 9.42. The van der Waals surface area contributed by atoms with E-state index in [0.717, 1.165) is 25.1 Å². The van der Waals surface area contributed by atoms with E-state index in [4.69, 9.17) is 23.8 Å². The smallest absolute Gasteiger partial charge is 0.171 e. The Kier molecular flexibility index (Phi) is 5.57. The van der Waals surface area contributed by atoms with Crippen LogP contribution in [0.2, 0.25) is 5.02 Å². The molecule has 0 aromatic heterocycles. The largest absolute Gasteiger partial charge is 0.360 e. The molecule has 2 aliphatic heterocycles. The van der Waals surface area contributed by atoms with Gasteiger partial charge in [-0.3, -0.25) is 4.90 Å². The fraction of sp³-hybridized carbons (Fsp3) is 0.500. The van der Waals surface area contributed by atoms with Crippen LogP contribution in [0, 0.1) is 0 Å². The van der Waals surface area contributed by atoms with E-state index in [1.54, 1.807) is 0 Å². The molecule has 2 saturated heterocycles. The number of anilines is 1. The Morgan fingerprint density at radius 1 is 1.30 bits per heavy atom. The van der Waals surface area contributed by atoms with E-state index in [2.05, 4.69) is 22.1 Å². The van der Waals surface area contributed by atoms with Gasteiger partial charge in [0.2, 0.25) is 0 Å². The average molecular weight is 350 g/mol. The monoisotopic (exact) mass is 349 g/mol. The summed E-state index contributed by atoms with van der Waals surface area (Å²) < 4.78 is 0. The third-order valence-electron chi connectivity index (χ3n) is 4.92. The highest BCUT2D eigenvalue weighted by molar-refractivity contribution is 7.80. The minimum atomic E-state index is 0.439. The molecular formula is C18H24ClN3S. The highest BCUT2D eigenvalue weighted by Crippen LogP contribution is 2.34. The lowest BCUT2D eigenvalue weighted by Gasteiger charge is -2.48. The third-order valence-corrected chi connectivity index (χ3v) is 5.47. The first kappa shape index (κ1) is 16.7. The van der Waals surface area contributed by atoms with Gasteiger partial charge in [0.25, 0.3) is 0 Å². The lowest BCUT2D eigenvalue weighted by Crippen LogP contribution is -2.57. The first-order valence-corrected chi connectivity index (χ1v) is 9.14. The summed E-state index contributed by atoms with van der Waals surface area (Å²) in [4.78, 5) is 2.62. The standard InChI is InChI=1S/C18H24ClN3S/c1-2-10-22-14-6-5-7-15(22)12-13(11-14)20-18(23)21-17-9-4-3-8-16(17)19/h2-4,8-9,13-15H,1,5-7,10-12H2,(H2,20,21,23)/t14-,15-/m1/s1. The van der Waals surface area contributed by atoms with Gasteiger partial charge in [0.05, 0.1) is 10.7 Å². The molecule has 0 radical (unpaired) electrons. The molecule has 0 spiro atoms. The van der Waals surface area contributed by atoms with Gasteiger partial charge in [-0.15, -0.1) is 6.58 Å². The van der Waals surface area contributed by atoms with Crippen LogP contribution in [0.15, 0.2) is 36.9 Å². The fourth-order valence-electron chi connectivity index (χ4n) is 3.95. The fourth-order valence-corrected chi connectivity index (χ4v) is 4.41. The van der Waals surface area contributed by atoms with Gasteiger partial charge in [0.1, 0.15) is 0 Å². The topological polar surface area (TPSA) is 27.3 Å². The maximum Gasteiger partial charge on any atom is 0.171 e. The van der Waals surface area contributed by atoms with Crippen molar-refractivity contribution in [3.63, 3.8) is 0 Å². The summed E-state index contributed by atoms with van der Waals surface area (Å²) in [5, 5.41) is 8.07. The maximum absolute atomic E-state index is 6.18. The van der Waals surface area contributed by atoms with Gasteiger partial charge in [-0.05, 0) is 50.0 Å². The van der Waals surface area contributed by atoms with Gasteiger partial charge in [-0.1, -0.05) is 36.2 Å². The van der Waals surface area contributed by atoms with Crippen molar-refractivity contribution in [2.24, 2.45) is 0 Å². The summed E-state index contributed by atoms with van der Waals surface area (Å²) in [5.74, 6) is 0. The molecule has 2 heterocycles. The number of hydrogen-bond donors (Lipinski definition) is 2. The van der Waals surface area contributed by atoms with E-state index < -0.39 is 0 Å². The highest BCUT2D eigenvalue weighted by atomic mass is 35.5. The molecule has 3 nitrogen and oxygen atoms in total. The van der Waals surface area contributed by atoms with Crippen molar-refractivity contribution in [2.75, 3.05) is 11.9 Å². The molecule has 2 atom stereocenters. The molecule has 3 rings (SSSR count). The predicted molar refractivity (Wildman–Crippen MR) is 102 cm³/mol. The Labute approximate surface area is 149 Å². The second kappa shape index (κ2) is 7.65. The van der Waals surface area contributed by atoms with Gasteiger partial charge in [0, 0.05) is 24.7 Å². The van der Waals surface area contributed by atoms with Crippen LogP contribution in [0.3, 0.4) is 0 Å². The molecule has 0 amide bonds. The molecule has 2 aliphatic rings. The zero-order chi connectivity index (χ0) is 16.2.